The Kier molecular flexibility index (Phi) is 4.18. The number of carbonyl (C=O) groups is 1. The molecule has 3 aromatic rings. The molecule has 1 amide bonds. The van der Waals surface area contributed by atoms with Crippen LogP contribution in [0, 0.1) is 0 Å². The summed E-state index contributed by atoms with van der Waals surface area (Å²) in [6.07, 6.45) is 4.20. The summed E-state index contributed by atoms with van der Waals surface area (Å²) in [5, 5.41) is 7.78. The van der Waals surface area contributed by atoms with Crippen molar-refractivity contribution in [2.24, 2.45) is 0 Å². The first kappa shape index (κ1) is 18.0. The second-order valence-corrected chi connectivity index (χ2v) is 7.90. The van der Waals surface area contributed by atoms with Crippen molar-refractivity contribution in [3.63, 3.8) is 0 Å². The molecule has 1 atom stereocenters. The highest BCUT2D eigenvalue weighted by Gasteiger charge is 2.24. The summed E-state index contributed by atoms with van der Waals surface area (Å²) in [6.45, 7) is 1.13. The number of hydrogen-bond acceptors (Lipinski definition) is 6. The first-order valence-corrected chi connectivity index (χ1v) is 9.87. The molecule has 1 fully saturated rings. The van der Waals surface area contributed by atoms with Gasteiger partial charge in [-0.1, -0.05) is 0 Å². The first-order valence-electron chi connectivity index (χ1n) is 9.87. The van der Waals surface area contributed by atoms with Gasteiger partial charge >= 0.3 is 0 Å². The number of pyridine rings is 1. The number of likely N-dealkylation sites (tertiary alicyclic amines) is 1. The van der Waals surface area contributed by atoms with Crippen LogP contribution in [0.25, 0.3) is 10.9 Å². The lowest BCUT2D eigenvalue weighted by Gasteiger charge is -2.17. The predicted octanol–water partition coefficient (Wildman–Crippen LogP) is 2.89. The summed E-state index contributed by atoms with van der Waals surface area (Å²) in [6, 6.07) is 10.1. The summed E-state index contributed by atoms with van der Waals surface area (Å²) < 4.78 is 0. The highest BCUT2D eigenvalue weighted by Crippen LogP contribution is 2.33. The van der Waals surface area contributed by atoms with E-state index in [9.17, 15) is 4.79 Å². The van der Waals surface area contributed by atoms with Crippen LogP contribution in [0.15, 0.2) is 36.5 Å². The zero-order valence-corrected chi connectivity index (χ0v) is 16.9. The Morgan fingerprint density at radius 3 is 2.76 bits per heavy atom. The number of hydrazine groups is 2. The molecule has 3 N–H and O–H groups in total. The van der Waals surface area contributed by atoms with Gasteiger partial charge in [0.25, 0.3) is 5.91 Å². The average Bonchev–Trinajstić information content (AvgIpc) is 3.38. The van der Waals surface area contributed by atoms with Crippen molar-refractivity contribution in [3.05, 3.63) is 47.8 Å². The molecule has 2 aliphatic heterocycles. The van der Waals surface area contributed by atoms with Crippen LogP contribution in [-0.4, -0.2) is 48.5 Å². The third-order valence-electron chi connectivity index (χ3n) is 5.91. The van der Waals surface area contributed by atoms with Gasteiger partial charge in [0.1, 0.15) is 5.82 Å². The Labute approximate surface area is 169 Å². The highest BCUT2D eigenvalue weighted by molar-refractivity contribution is 6.05. The van der Waals surface area contributed by atoms with E-state index in [1.165, 1.54) is 12.1 Å². The minimum atomic E-state index is -0.176. The number of carbonyl (C=O) groups excluding carboxylic acids is 1. The number of benzene rings is 1. The number of nitrogens with zero attached hydrogens (tertiary/aromatic N) is 4. The zero-order valence-electron chi connectivity index (χ0n) is 16.9. The van der Waals surface area contributed by atoms with Gasteiger partial charge in [0.2, 0.25) is 0 Å². The van der Waals surface area contributed by atoms with Crippen molar-refractivity contribution in [2.45, 2.75) is 18.9 Å². The van der Waals surface area contributed by atoms with Gasteiger partial charge in [0.15, 0.2) is 0 Å². The number of fused-ring (bicyclic) bond motifs is 2. The van der Waals surface area contributed by atoms with E-state index in [4.69, 9.17) is 0 Å². The van der Waals surface area contributed by atoms with Crippen LogP contribution in [0.5, 0.6) is 0 Å². The predicted molar refractivity (Wildman–Crippen MR) is 115 cm³/mol. The molecule has 5 rings (SSSR count). The number of anilines is 3. The molecular formula is C21H25N7O. The normalized spacial score (nSPS) is 19.2. The van der Waals surface area contributed by atoms with Crippen molar-refractivity contribution < 1.29 is 4.79 Å². The van der Waals surface area contributed by atoms with Gasteiger partial charge in [0.05, 0.1) is 16.9 Å². The Bertz CT molecular complexity index is 1090. The van der Waals surface area contributed by atoms with Gasteiger partial charge in [-0.05, 0) is 50.7 Å². The molecule has 2 aliphatic rings. The van der Waals surface area contributed by atoms with Gasteiger partial charge in [-0.15, -0.1) is 5.53 Å². The standard InChI is InChI=1S/C21H25N7O/c1-26-8-4-5-17(26)16-9-14-12-22-20(11-15(14)23-16)24-21(29)13-6-7-18-19(10-13)28(3)25-27(18)2/h6-7,9-12,17,23,25H,4-5,8H2,1-3H3,(H,22,24,29)/t17-/m1/s1. The Hall–Kier alpha value is -3.10. The van der Waals surface area contributed by atoms with E-state index in [0.717, 1.165) is 35.2 Å². The van der Waals surface area contributed by atoms with Gasteiger partial charge < -0.3 is 10.3 Å². The largest absolute Gasteiger partial charge is 0.357 e. The van der Waals surface area contributed by atoms with Gasteiger partial charge in [0, 0.05) is 49.0 Å². The number of amides is 1. The lowest BCUT2D eigenvalue weighted by molar-refractivity contribution is 0.102. The summed E-state index contributed by atoms with van der Waals surface area (Å²) in [5.41, 5.74) is 7.94. The zero-order chi connectivity index (χ0) is 20.1. The third kappa shape index (κ3) is 3.10. The fraction of sp³-hybridized carbons (Fsp3) is 0.333. The fourth-order valence-electron chi connectivity index (χ4n) is 4.34. The number of rotatable bonds is 3. The van der Waals surface area contributed by atoms with Crippen LogP contribution in [0.4, 0.5) is 17.2 Å². The minimum absolute atomic E-state index is 0.176. The Morgan fingerprint density at radius 1 is 1.14 bits per heavy atom. The van der Waals surface area contributed by atoms with Gasteiger partial charge in [-0.2, -0.15) is 0 Å². The number of hydrogen-bond donors (Lipinski definition) is 3. The van der Waals surface area contributed by atoms with Crippen LogP contribution in [0.3, 0.4) is 0 Å². The summed E-state index contributed by atoms with van der Waals surface area (Å²) in [5.74, 6) is 0.365. The number of nitrogens with one attached hydrogen (secondary N) is 3. The fourth-order valence-corrected chi connectivity index (χ4v) is 4.34. The van der Waals surface area contributed by atoms with Crippen molar-refractivity contribution >= 4 is 34.0 Å². The molecule has 1 aromatic carbocycles. The molecule has 2 aromatic heterocycles. The summed E-state index contributed by atoms with van der Waals surface area (Å²) in [4.78, 5) is 23.1. The number of H-pyrrole nitrogens is 1. The monoisotopic (exact) mass is 391 g/mol. The Balaban J connectivity index is 1.37. The molecule has 0 bridgehead atoms. The van der Waals surface area contributed by atoms with E-state index in [-0.39, 0.29) is 5.91 Å². The average molecular weight is 391 g/mol. The summed E-state index contributed by atoms with van der Waals surface area (Å²) in [7, 11) is 6.02. The number of aromatic nitrogens is 2. The van der Waals surface area contributed by atoms with Crippen LogP contribution in [-0.2, 0) is 0 Å². The van der Waals surface area contributed by atoms with Crippen molar-refractivity contribution in [3.8, 4) is 0 Å². The van der Waals surface area contributed by atoms with E-state index in [1.54, 1.807) is 0 Å². The Morgan fingerprint density at radius 2 is 1.97 bits per heavy atom. The van der Waals surface area contributed by atoms with Crippen LogP contribution in [0.2, 0.25) is 0 Å². The molecule has 0 saturated carbocycles. The molecule has 8 nitrogen and oxygen atoms in total. The van der Waals surface area contributed by atoms with E-state index >= 15 is 0 Å². The maximum atomic E-state index is 12.8. The van der Waals surface area contributed by atoms with Gasteiger partial charge in [-0.25, -0.2) is 4.98 Å². The van der Waals surface area contributed by atoms with Crippen molar-refractivity contribution in [1.82, 2.24) is 20.4 Å². The molecule has 1 saturated heterocycles. The molecule has 150 valence electrons. The quantitative estimate of drug-likeness (QED) is 0.637. The maximum Gasteiger partial charge on any atom is 0.256 e. The van der Waals surface area contributed by atoms with Crippen LogP contribution < -0.4 is 20.9 Å². The smallest absolute Gasteiger partial charge is 0.256 e. The first-order chi connectivity index (χ1) is 14.0. The molecule has 0 aliphatic carbocycles. The molecular weight excluding hydrogens is 366 g/mol. The van der Waals surface area contributed by atoms with Crippen LogP contribution >= 0.6 is 0 Å². The lowest BCUT2D eigenvalue weighted by atomic mass is 10.1. The molecule has 4 heterocycles. The third-order valence-corrected chi connectivity index (χ3v) is 5.91. The second kappa shape index (κ2) is 6.75. The van der Waals surface area contributed by atoms with E-state index in [2.05, 4.69) is 38.8 Å². The molecule has 0 unspecified atom stereocenters. The molecule has 0 radical (unpaired) electrons. The minimum Gasteiger partial charge on any atom is -0.357 e. The highest BCUT2D eigenvalue weighted by atomic mass is 16.1. The van der Waals surface area contributed by atoms with Crippen molar-refractivity contribution in [2.75, 3.05) is 43.0 Å². The van der Waals surface area contributed by atoms with E-state index in [1.807, 2.05) is 54.6 Å². The van der Waals surface area contributed by atoms with Crippen molar-refractivity contribution in [1.29, 1.82) is 0 Å². The van der Waals surface area contributed by atoms with E-state index in [0.29, 0.717) is 17.4 Å². The number of aromatic amines is 1. The molecule has 29 heavy (non-hydrogen) atoms. The second-order valence-electron chi connectivity index (χ2n) is 7.90. The maximum absolute atomic E-state index is 12.8. The topological polar surface area (TPSA) is 79.5 Å². The van der Waals surface area contributed by atoms with Crippen LogP contribution in [0.1, 0.15) is 34.9 Å². The lowest BCUT2D eigenvalue weighted by Crippen LogP contribution is -2.39. The van der Waals surface area contributed by atoms with Gasteiger partial charge in [-0.3, -0.25) is 19.7 Å². The summed E-state index contributed by atoms with van der Waals surface area (Å²) >= 11 is 0. The SMILES string of the molecule is CN1NN(C)c2cc(C(=O)Nc3cc4[nH]c([C@H]5CCCN5C)cc4cn3)ccc21. The van der Waals surface area contributed by atoms with E-state index < -0.39 is 0 Å². The molecule has 0 spiro atoms. The molecule has 8 heteroatoms.